The van der Waals surface area contributed by atoms with Gasteiger partial charge >= 0.3 is 11.9 Å². The zero-order chi connectivity index (χ0) is 17.5. The highest BCUT2D eigenvalue weighted by Crippen LogP contribution is 2.27. The molecule has 3 unspecified atom stereocenters. The van der Waals surface area contributed by atoms with Crippen molar-refractivity contribution in [3.8, 4) is 0 Å². The first kappa shape index (κ1) is 18.9. The Morgan fingerprint density at radius 2 is 1.92 bits per heavy atom. The van der Waals surface area contributed by atoms with Crippen LogP contribution < -0.4 is 0 Å². The molecule has 1 aliphatic heterocycles. The molecule has 1 aliphatic carbocycles. The first-order valence-corrected chi connectivity index (χ1v) is 8.75. The first-order valence-electron chi connectivity index (χ1n) is 8.75. The summed E-state index contributed by atoms with van der Waals surface area (Å²) in [5.41, 5.74) is 0. The lowest BCUT2D eigenvalue weighted by molar-refractivity contribution is -0.156. The average molecular weight is 342 g/mol. The summed E-state index contributed by atoms with van der Waals surface area (Å²) < 4.78 is 9.48. The lowest BCUT2D eigenvalue weighted by Gasteiger charge is -2.21. The van der Waals surface area contributed by atoms with E-state index in [0.29, 0.717) is 0 Å². The summed E-state index contributed by atoms with van der Waals surface area (Å²) in [5, 5.41) is 18.9. The molecular formula is C17H26O7. The second-order valence-corrected chi connectivity index (χ2v) is 6.66. The molecule has 2 aliphatic rings. The van der Waals surface area contributed by atoms with Crippen molar-refractivity contribution in [1.82, 2.24) is 0 Å². The molecule has 3 atom stereocenters. The Labute approximate surface area is 141 Å². The van der Waals surface area contributed by atoms with Gasteiger partial charge in [0.15, 0.2) is 6.10 Å². The fourth-order valence-corrected chi connectivity index (χ4v) is 3.30. The second-order valence-electron chi connectivity index (χ2n) is 6.66. The molecule has 1 saturated carbocycles. The van der Waals surface area contributed by atoms with E-state index >= 15 is 0 Å². The third kappa shape index (κ3) is 5.27. The molecule has 0 spiro atoms. The van der Waals surface area contributed by atoms with Crippen molar-refractivity contribution in [3.63, 3.8) is 0 Å². The maximum absolute atomic E-state index is 11.6. The molecule has 24 heavy (non-hydrogen) atoms. The van der Waals surface area contributed by atoms with Crippen LogP contribution in [0.3, 0.4) is 0 Å². The normalized spacial score (nSPS) is 26.2. The second kappa shape index (κ2) is 9.13. The van der Waals surface area contributed by atoms with Crippen LogP contribution in [0.1, 0.15) is 57.8 Å². The maximum atomic E-state index is 11.6. The van der Waals surface area contributed by atoms with Crippen LogP contribution in [-0.2, 0) is 23.9 Å². The number of rotatable bonds is 8. The standard InChI is InChI=1S/C17H26O7/c18-12(16-14(20)15(21)17(22)24-16)10-23-13(19)9-5-4-8-11-6-2-1-3-7-11/h11-12,15-16,18,21H,1-10H2. The highest BCUT2D eigenvalue weighted by atomic mass is 16.6. The van der Waals surface area contributed by atoms with Crippen LogP contribution in [0.5, 0.6) is 0 Å². The van der Waals surface area contributed by atoms with Crippen LogP contribution in [0.2, 0.25) is 0 Å². The largest absolute Gasteiger partial charge is 0.463 e. The number of carbonyl (C=O) groups excluding carboxylic acids is 3. The SMILES string of the molecule is O=C(CCCCC1CCCCC1)OCC(O)C1OC(=O)C(O)C1=O. The number of Topliss-reactive ketones (excluding diaryl/α,β-unsaturated/α-hetero) is 1. The van der Waals surface area contributed by atoms with Crippen molar-refractivity contribution in [2.75, 3.05) is 6.61 Å². The fraction of sp³-hybridized carbons (Fsp3) is 0.824. The van der Waals surface area contributed by atoms with Gasteiger partial charge in [-0.1, -0.05) is 44.9 Å². The number of aliphatic hydroxyl groups is 2. The monoisotopic (exact) mass is 342 g/mol. The van der Waals surface area contributed by atoms with E-state index in [0.717, 1.165) is 25.2 Å². The van der Waals surface area contributed by atoms with Crippen molar-refractivity contribution >= 4 is 17.7 Å². The van der Waals surface area contributed by atoms with Crippen LogP contribution in [0, 0.1) is 5.92 Å². The minimum Gasteiger partial charge on any atom is -0.463 e. The highest BCUT2D eigenvalue weighted by molar-refractivity contribution is 6.09. The molecular weight excluding hydrogens is 316 g/mol. The molecule has 2 rings (SSSR count). The van der Waals surface area contributed by atoms with E-state index in [4.69, 9.17) is 4.74 Å². The van der Waals surface area contributed by atoms with Crippen LogP contribution >= 0.6 is 0 Å². The molecule has 0 amide bonds. The number of hydrogen-bond donors (Lipinski definition) is 2. The van der Waals surface area contributed by atoms with Crippen molar-refractivity contribution in [1.29, 1.82) is 0 Å². The van der Waals surface area contributed by atoms with E-state index in [2.05, 4.69) is 4.74 Å². The van der Waals surface area contributed by atoms with Gasteiger partial charge in [-0.25, -0.2) is 4.79 Å². The Morgan fingerprint density at radius 1 is 1.21 bits per heavy atom. The Hall–Kier alpha value is -1.47. The Morgan fingerprint density at radius 3 is 2.54 bits per heavy atom. The van der Waals surface area contributed by atoms with E-state index in [-0.39, 0.29) is 6.42 Å². The summed E-state index contributed by atoms with van der Waals surface area (Å²) in [6.45, 7) is -0.433. The third-order valence-electron chi connectivity index (χ3n) is 4.75. The number of aliphatic hydroxyl groups excluding tert-OH is 2. The van der Waals surface area contributed by atoms with Crippen molar-refractivity contribution < 1.29 is 34.1 Å². The number of hydrogen-bond acceptors (Lipinski definition) is 7. The number of ketones is 1. The van der Waals surface area contributed by atoms with Crippen LogP contribution in [0.25, 0.3) is 0 Å². The van der Waals surface area contributed by atoms with Crippen molar-refractivity contribution in [3.05, 3.63) is 0 Å². The van der Waals surface area contributed by atoms with E-state index in [1.54, 1.807) is 0 Å². The third-order valence-corrected chi connectivity index (χ3v) is 4.75. The van der Waals surface area contributed by atoms with Gasteiger partial charge in [-0.3, -0.25) is 9.59 Å². The molecule has 2 fully saturated rings. The van der Waals surface area contributed by atoms with Crippen LogP contribution in [0.15, 0.2) is 0 Å². The summed E-state index contributed by atoms with van der Waals surface area (Å²) in [6, 6.07) is 0. The van der Waals surface area contributed by atoms with Gasteiger partial charge in [0.1, 0.15) is 12.7 Å². The molecule has 0 bridgehead atoms. The predicted molar refractivity (Wildman–Crippen MR) is 82.9 cm³/mol. The lowest BCUT2D eigenvalue weighted by atomic mass is 9.86. The van der Waals surface area contributed by atoms with Crippen LogP contribution in [-0.4, -0.2) is 52.9 Å². The van der Waals surface area contributed by atoms with E-state index in [1.807, 2.05) is 0 Å². The smallest absolute Gasteiger partial charge is 0.343 e. The van der Waals surface area contributed by atoms with Gasteiger partial charge in [0.05, 0.1) is 0 Å². The van der Waals surface area contributed by atoms with Gasteiger partial charge in [0.2, 0.25) is 11.9 Å². The van der Waals surface area contributed by atoms with E-state index in [1.165, 1.54) is 32.1 Å². The minimum absolute atomic E-state index is 0.264. The van der Waals surface area contributed by atoms with E-state index in [9.17, 15) is 24.6 Å². The van der Waals surface area contributed by atoms with Gasteiger partial charge in [0, 0.05) is 6.42 Å². The molecule has 1 heterocycles. The summed E-state index contributed by atoms with van der Waals surface area (Å²) in [7, 11) is 0. The van der Waals surface area contributed by atoms with Gasteiger partial charge in [-0.05, 0) is 12.3 Å². The molecule has 7 heteroatoms. The number of esters is 2. The van der Waals surface area contributed by atoms with Gasteiger partial charge in [-0.15, -0.1) is 0 Å². The summed E-state index contributed by atoms with van der Waals surface area (Å²) in [4.78, 5) is 34.1. The molecule has 1 saturated heterocycles. The quantitative estimate of drug-likeness (QED) is 0.383. The summed E-state index contributed by atoms with van der Waals surface area (Å²) >= 11 is 0. The summed E-state index contributed by atoms with van der Waals surface area (Å²) in [6.07, 6.45) is 4.87. The Balaban J connectivity index is 1.57. The maximum Gasteiger partial charge on any atom is 0.343 e. The molecule has 2 N–H and O–H groups in total. The van der Waals surface area contributed by atoms with E-state index < -0.39 is 42.6 Å². The zero-order valence-corrected chi connectivity index (χ0v) is 13.8. The molecule has 0 aromatic carbocycles. The Kier molecular flexibility index (Phi) is 7.17. The fourth-order valence-electron chi connectivity index (χ4n) is 3.30. The average Bonchev–Trinajstić information content (AvgIpc) is 2.85. The van der Waals surface area contributed by atoms with Crippen LogP contribution in [0.4, 0.5) is 0 Å². The van der Waals surface area contributed by atoms with Crippen molar-refractivity contribution in [2.24, 2.45) is 5.92 Å². The van der Waals surface area contributed by atoms with Gasteiger partial charge in [0.25, 0.3) is 0 Å². The number of carbonyl (C=O) groups is 3. The molecule has 0 aromatic rings. The first-order chi connectivity index (χ1) is 11.5. The topological polar surface area (TPSA) is 110 Å². The predicted octanol–water partition coefficient (Wildman–Crippen LogP) is 0.887. The molecule has 7 nitrogen and oxygen atoms in total. The van der Waals surface area contributed by atoms with Gasteiger partial charge < -0.3 is 19.7 Å². The highest BCUT2D eigenvalue weighted by Gasteiger charge is 2.46. The molecule has 0 radical (unpaired) electrons. The number of ether oxygens (including phenoxy) is 2. The van der Waals surface area contributed by atoms with Gasteiger partial charge in [-0.2, -0.15) is 0 Å². The van der Waals surface area contributed by atoms with Crippen molar-refractivity contribution in [2.45, 2.75) is 76.1 Å². The molecule has 136 valence electrons. The minimum atomic E-state index is -1.86. The Bertz CT molecular complexity index is 456. The lowest BCUT2D eigenvalue weighted by Crippen LogP contribution is -2.38. The summed E-state index contributed by atoms with van der Waals surface area (Å²) in [5.74, 6) is -1.66. The number of cyclic esters (lactones) is 1. The number of unbranched alkanes of at least 4 members (excludes halogenated alkanes) is 1. The molecule has 0 aromatic heterocycles. The zero-order valence-electron chi connectivity index (χ0n) is 13.8.